The van der Waals surface area contributed by atoms with Crippen molar-refractivity contribution < 1.29 is 19.1 Å². The number of hydrogen-bond acceptors (Lipinski definition) is 6. The maximum Gasteiger partial charge on any atom is 0.274 e. The summed E-state index contributed by atoms with van der Waals surface area (Å²) in [5, 5.41) is 15.2. The first-order valence-corrected chi connectivity index (χ1v) is 9.94. The van der Waals surface area contributed by atoms with E-state index in [1.54, 1.807) is 16.1 Å². The molecule has 0 fully saturated rings. The van der Waals surface area contributed by atoms with E-state index in [1.807, 2.05) is 0 Å². The molecule has 0 unspecified atom stereocenters. The number of anilines is 1. The van der Waals surface area contributed by atoms with Crippen molar-refractivity contribution in [2.45, 2.75) is 20.0 Å². The second-order valence-corrected chi connectivity index (χ2v) is 7.70. The number of hydrogen-bond donors (Lipinski definition) is 2. The highest BCUT2D eigenvalue weighted by Crippen LogP contribution is 2.27. The van der Waals surface area contributed by atoms with Crippen LogP contribution in [0.5, 0.6) is 5.75 Å². The van der Waals surface area contributed by atoms with Gasteiger partial charge < -0.3 is 19.9 Å². The number of aromatic hydroxyl groups is 1. The second-order valence-electron chi connectivity index (χ2n) is 6.81. The van der Waals surface area contributed by atoms with Crippen LogP contribution >= 0.6 is 23.7 Å². The normalized spacial score (nSPS) is 12.8. The summed E-state index contributed by atoms with van der Waals surface area (Å²) in [5.74, 6) is -2.04. The van der Waals surface area contributed by atoms with E-state index in [9.17, 15) is 23.9 Å². The highest BCUT2D eigenvalue weighted by Gasteiger charge is 2.30. The van der Waals surface area contributed by atoms with Crippen LogP contribution in [0.4, 0.5) is 10.1 Å². The Labute approximate surface area is 186 Å². The minimum Gasteiger partial charge on any atom is -0.503 e. The molecule has 11 heteroatoms. The predicted octanol–water partition coefficient (Wildman–Crippen LogP) is 2.85. The van der Waals surface area contributed by atoms with Gasteiger partial charge in [0.25, 0.3) is 5.91 Å². The molecule has 0 aliphatic carbocycles. The molecule has 0 radical (unpaired) electrons. The number of halogens is 2. The molecule has 4 rings (SSSR count). The van der Waals surface area contributed by atoms with E-state index in [2.05, 4.69) is 10.3 Å². The molecular formula is C20H18ClFN4O4S. The Morgan fingerprint density at radius 1 is 1.32 bits per heavy atom. The van der Waals surface area contributed by atoms with Gasteiger partial charge in [-0.25, -0.2) is 9.37 Å². The standard InChI is InChI=1S/C20H17FN4O4S.ClH/c1-11(26)23-15-8-13(21)3-2-12(15)9-25-6-5-24-10-14(19-22-4-7-30-19)17(27)18(28)16(24)20(25)29;/h2-4,7-8,10,28H,5-6,9H2,1H3,(H,23,26);1H. The van der Waals surface area contributed by atoms with Gasteiger partial charge in [-0.05, 0) is 17.7 Å². The van der Waals surface area contributed by atoms with Gasteiger partial charge in [0.15, 0.2) is 11.4 Å². The van der Waals surface area contributed by atoms with E-state index < -0.39 is 22.9 Å². The first kappa shape index (κ1) is 22.4. The van der Waals surface area contributed by atoms with Gasteiger partial charge in [-0.15, -0.1) is 23.7 Å². The molecule has 8 nitrogen and oxygen atoms in total. The summed E-state index contributed by atoms with van der Waals surface area (Å²) < 4.78 is 15.1. The number of pyridine rings is 1. The molecule has 1 aliphatic rings. The molecule has 2 amide bonds. The summed E-state index contributed by atoms with van der Waals surface area (Å²) in [6.45, 7) is 2.05. The number of benzene rings is 1. The lowest BCUT2D eigenvalue weighted by Crippen LogP contribution is -2.41. The number of amides is 2. The third kappa shape index (κ3) is 4.30. The summed E-state index contributed by atoms with van der Waals surface area (Å²) in [4.78, 5) is 42.6. The Bertz CT molecular complexity index is 1210. The van der Waals surface area contributed by atoms with E-state index in [0.717, 1.165) is 0 Å². The van der Waals surface area contributed by atoms with E-state index in [0.29, 0.717) is 23.7 Å². The number of thiazole rings is 1. The number of carbonyl (C=O) groups is 2. The van der Waals surface area contributed by atoms with Crippen LogP contribution < -0.4 is 10.7 Å². The summed E-state index contributed by atoms with van der Waals surface area (Å²) in [7, 11) is 0. The van der Waals surface area contributed by atoms with Crippen molar-refractivity contribution in [2.75, 3.05) is 11.9 Å². The quantitative estimate of drug-likeness (QED) is 0.617. The number of carbonyl (C=O) groups excluding carboxylic acids is 2. The molecule has 0 saturated heterocycles. The van der Waals surface area contributed by atoms with Gasteiger partial charge in [0.1, 0.15) is 10.8 Å². The van der Waals surface area contributed by atoms with Crippen LogP contribution in [0.3, 0.4) is 0 Å². The third-order valence-electron chi connectivity index (χ3n) is 4.76. The molecule has 0 atom stereocenters. The van der Waals surface area contributed by atoms with E-state index in [1.165, 1.54) is 47.6 Å². The molecule has 2 N–H and O–H groups in total. The molecule has 162 valence electrons. The second kappa shape index (κ2) is 8.86. The van der Waals surface area contributed by atoms with E-state index in [-0.39, 0.29) is 41.8 Å². The van der Waals surface area contributed by atoms with Gasteiger partial charge >= 0.3 is 0 Å². The maximum absolute atomic E-state index is 13.6. The van der Waals surface area contributed by atoms with Crippen LogP contribution in [0.2, 0.25) is 0 Å². The predicted molar refractivity (Wildman–Crippen MR) is 116 cm³/mol. The van der Waals surface area contributed by atoms with Crippen LogP contribution in [0.15, 0.2) is 40.8 Å². The molecule has 0 bridgehead atoms. The maximum atomic E-state index is 13.6. The lowest BCUT2D eigenvalue weighted by Gasteiger charge is -2.31. The fourth-order valence-electron chi connectivity index (χ4n) is 3.39. The molecule has 1 aromatic carbocycles. The van der Waals surface area contributed by atoms with Crippen LogP contribution in [0.25, 0.3) is 10.6 Å². The SMILES string of the molecule is CC(=O)Nc1cc(F)ccc1CN1CCn2cc(-c3nccs3)c(=O)c(O)c2C1=O.Cl. The van der Waals surface area contributed by atoms with Gasteiger partial charge in [-0.2, -0.15) is 0 Å². The topological polar surface area (TPSA) is 105 Å². The molecule has 31 heavy (non-hydrogen) atoms. The average Bonchev–Trinajstić information content (AvgIpc) is 3.22. The van der Waals surface area contributed by atoms with Crippen molar-refractivity contribution >= 4 is 41.2 Å². The minimum absolute atomic E-state index is 0. The molecule has 1 aliphatic heterocycles. The zero-order chi connectivity index (χ0) is 21.4. The van der Waals surface area contributed by atoms with Crippen LogP contribution in [0, 0.1) is 5.82 Å². The molecular weight excluding hydrogens is 447 g/mol. The Balaban J connectivity index is 0.00000272. The zero-order valence-corrected chi connectivity index (χ0v) is 17.9. The van der Waals surface area contributed by atoms with E-state index >= 15 is 0 Å². The first-order chi connectivity index (χ1) is 14.3. The summed E-state index contributed by atoms with van der Waals surface area (Å²) in [6, 6.07) is 3.91. The van der Waals surface area contributed by atoms with Crippen LogP contribution in [0.1, 0.15) is 23.0 Å². The van der Waals surface area contributed by atoms with Crippen LogP contribution in [-0.4, -0.2) is 37.9 Å². The lowest BCUT2D eigenvalue weighted by atomic mass is 10.1. The van der Waals surface area contributed by atoms with Crippen molar-refractivity contribution in [1.29, 1.82) is 0 Å². The minimum atomic E-state index is -0.660. The van der Waals surface area contributed by atoms with Gasteiger partial charge in [0.2, 0.25) is 11.3 Å². The Kier molecular flexibility index (Phi) is 6.42. The van der Waals surface area contributed by atoms with Crippen molar-refractivity contribution in [2.24, 2.45) is 0 Å². The fourth-order valence-corrected chi connectivity index (χ4v) is 4.03. The highest BCUT2D eigenvalue weighted by molar-refractivity contribution is 7.13. The summed E-state index contributed by atoms with van der Waals surface area (Å²) >= 11 is 1.26. The van der Waals surface area contributed by atoms with Gasteiger partial charge in [0, 0.05) is 50.0 Å². The number of rotatable bonds is 4. The van der Waals surface area contributed by atoms with E-state index in [4.69, 9.17) is 0 Å². The van der Waals surface area contributed by atoms with Gasteiger partial charge in [-0.1, -0.05) is 6.07 Å². The lowest BCUT2D eigenvalue weighted by molar-refractivity contribution is -0.114. The highest BCUT2D eigenvalue weighted by atomic mass is 35.5. The Morgan fingerprint density at radius 3 is 2.77 bits per heavy atom. The molecule has 3 heterocycles. The van der Waals surface area contributed by atoms with Crippen molar-refractivity contribution in [3.8, 4) is 16.3 Å². The number of fused-ring (bicyclic) bond motifs is 1. The summed E-state index contributed by atoms with van der Waals surface area (Å²) in [6.07, 6.45) is 3.09. The number of aromatic nitrogens is 2. The smallest absolute Gasteiger partial charge is 0.274 e. The Morgan fingerprint density at radius 2 is 2.10 bits per heavy atom. The molecule has 3 aromatic rings. The fraction of sp³-hybridized carbons (Fsp3) is 0.200. The van der Waals surface area contributed by atoms with Crippen LogP contribution in [-0.2, 0) is 17.9 Å². The van der Waals surface area contributed by atoms with Gasteiger partial charge in [-0.3, -0.25) is 14.4 Å². The first-order valence-electron chi connectivity index (χ1n) is 9.06. The Hall–Kier alpha value is -3.24. The monoisotopic (exact) mass is 464 g/mol. The molecule has 0 saturated carbocycles. The largest absolute Gasteiger partial charge is 0.503 e. The number of nitrogens with one attached hydrogen (secondary N) is 1. The van der Waals surface area contributed by atoms with Crippen molar-refractivity contribution in [3.05, 3.63) is 63.3 Å². The third-order valence-corrected chi connectivity index (χ3v) is 5.57. The number of nitrogens with zero attached hydrogens (tertiary/aromatic N) is 3. The van der Waals surface area contributed by atoms with Crippen molar-refractivity contribution in [3.63, 3.8) is 0 Å². The molecule has 0 spiro atoms. The summed E-state index contributed by atoms with van der Waals surface area (Å²) in [5.41, 5.74) is 0.275. The zero-order valence-electron chi connectivity index (χ0n) is 16.3. The average molecular weight is 465 g/mol. The van der Waals surface area contributed by atoms with Crippen molar-refractivity contribution in [1.82, 2.24) is 14.5 Å². The van der Waals surface area contributed by atoms with Gasteiger partial charge in [0.05, 0.1) is 5.56 Å². The molecule has 2 aromatic heterocycles.